The van der Waals surface area contributed by atoms with Gasteiger partial charge in [-0.05, 0) is 55.3 Å². The maximum Gasteiger partial charge on any atom is 0.255 e. The van der Waals surface area contributed by atoms with E-state index in [9.17, 15) is 4.79 Å². The Hall–Kier alpha value is -2.33. The Morgan fingerprint density at radius 1 is 1.14 bits per heavy atom. The summed E-state index contributed by atoms with van der Waals surface area (Å²) in [7, 11) is 0. The van der Waals surface area contributed by atoms with E-state index in [1.807, 2.05) is 32.0 Å². The molecule has 2 aromatic carbocycles. The van der Waals surface area contributed by atoms with Crippen LogP contribution in [0.5, 0.6) is 0 Å². The first-order chi connectivity index (χ1) is 10.1. The smallest absolute Gasteiger partial charge is 0.255 e. The highest BCUT2D eigenvalue weighted by molar-refractivity contribution is 6.04. The molecule has 0 aliphatic carbocycles. The van der Waals surface area contributed by atoms with E-state index in [1.165, 1.54) is 0 Å². The molecule has 0 aliphatic heterocycles. The predicted octanol–water partition coefficient (Wildman–Crippen LogP) is 3.17. The van der Waals surface area contributed by atoms with Gasteiger partial charge in [0.25, 0.3) is 5.91 Å². The molecule has 0 unspecified atom stereocenters. The van der Waals surface area contributed by atoms with Crippen molar-refractivity contribution < 1.29 is 9.90 Å². The molecule has 1 amide bonds. The third-order valence-electron chi connectivity index (χ3n) is 3.25. The summed E-state index contributed by atoms with van der Waals surface area (Å²) in [6, 6.07) is 12.7. The Morgan fingerprint density at radius 3 is 2.43 bits per heavy atom. The van der Waals surface area contributed by atoms with Crippen LogP contribution in [-0.4, -0.2) is 17.6 Å². The largest absolute Gasteiger partial charge is 0.392 e. The number of nitrogens with one attached hydrogen (secondary N) is 2. The van der Waals surface area contributed by atoms with E-state index in [1.54, 1.807) is 24.3 Å². The first kappa shape index (κ1) is 15.1. The lowest BCUT2D eigenvalue weighted by molar-refractivity contribution is 0.102. The number of hydrogen-bond donors (Lipinski definition) is 3. The fraction of sp³-hybridized carbons (Fsp3) is 0.235. The van der Waals surface area contributed by atoms with Gasteiger partial charge in [-0.25, -0.2) is 0 Å². The Kier molecular flexibility index (Phi) is 4.95. The summed E-state index contributed by atoms with van der Waals surface area (Å²) in [5.41, 5.74) is 4.24. The number of benzene rings is 2. The molecule has 0 fully saturated rings. The lowest BCUT2D eigenvalue weighted by atomic mass is 10.1. The average molecular weight is 284 g/mol. The second-order valence-electron chi connectivity index (χ2n) is 4.87. The summed E-state index contributed by atoms with van der Waals surface area (Å²) in [4.78, 5) is 12.2. The van der Waals surface area contributed by atoms with Gasteiger partial charge >= 0.3 is 0 Å². The van der Waals surface area contributed by atoms with Crippen molar-refractivity contribution in [1.29, 1.82) is 0 Å². The van der Waals surface area contributed by atoms with Gasteiger partial charge < -0.3 is 15.7 Å². The summed E-state index contributed by atoms with van der Waals surface area (Å²) in [6.07, 6.45) is 0. The number of aliphatic hydroxyl groups excluding tert-OH is 1. The summed E-state index contributed by atoms with van der Waals surface area (Å²) in [6.45, 7) is 4.86. The van der Waals surface area contributed by atoms with Crippen molar-refractivity contribution in [2.24, 2.45) is 0 Å². The normalized spacial score (nSPS) is 10.2. The van der Waals surface area contributed by atoms with Crippen LogP contribution in [-0.2, 0) is 6.61 Å². The molecule has 0 radical (unpaired) electrons. The number of rotatable bonds is 5. The molecular weight excluding hydrogens is 264 g/mol. The molecule has 2 aromatic rings. The fourth-order valence-electron chi connectivity index (χ4n) is 2.09. The minimum Gasteiger partial charge on any atom is -0.392 e. The first-order valence-corrected chi connectivity index (χ1v) is 6.99. The zero-order chi connectivity index (χ0) is 15.2. The predicted molar refractivity (Wildman–Crippen MR) is 85.7 cm³/mol. The van der Waals surface area contributed by atoms with Gasteiger partial charge in [-0.2, -0.15) is 0 Å². The minimum absolute atomic E-state index is 0.000683. The van der Waals surface area contributed by atoms with Crippen molar-refractivity contribution in [3.8, 4) is 0 Å². The van der Waals surface area contributed by atoms with Gasteiger partial charge in [0.1, 0.15) is 0 Å². The van der Waals surface area contributed by atoms with E-state index in [4.69, 9.17) is 5.11 Å². The lowest BCUT2D eigenvalue weighted by Crippen LogP contribution is -2.12. The zero-order valence-corrected chi connectivity index (χ0v) is 12.3. The number of aryl methyl sites for hydroxylation is 1. The van der Waals surface area contributed by atoms with Crippen molar-refractivity contribution in [3.63, 3.8) is 0 Å². The minimum atomic E-state index is -0.141. The average Bonchev–Trinajstić information content (AvgIpc) is 2.50. The topological polar surface area (TPSA) is 61.4 Å². The van der Waals surface area contributed by atoms with Crippen LogP contribution in [0.2, 0.25) is 0 Å². The molecule has 0 saturated carbocycles. The van der Waals surface area contributed by atoms with Gasteiger partial charge in [-0.1, -0.05) is 12.1 Å². The number of amides is 1. The van der Waals surface area contributed by atoms with Crippen molar-refractivity contribution in [3.05, 3.63) is 59.2 Å². The molecule has 3 N–H and O–H groups in total. The van der Waals surface area contributed by atoms with Crippen LogP contribution in [0.15, 0.2) is 42.5 Å². The van der Waals surface area contributed by atoms with Crippen molar-refractivity contribution in [1.82, 2.24) is 0 Å². The summed E-state index contributed by atoms with van der Waals surface area (Å²) in [5, 5.41) is 15.1. The summed E-state index contributed by atoms with van der Waals surface area (Å²) < 4.78 is 0. The summed E-state index contributed by atoms with van der Waals surface area (Å²) >= 11 is 0. The quantitative estimate of drug-likeness (QED) is 0.790. The van der Waals surface area contributed by atoms with Crippen LogP contribution in [0, 0.1) is 6.92 Å². The Balaban J connectivity index is 2.10. The van der Waals surface area contributed by atoms with Crippen LogP contribution in [0.4, 0.5) is 11.4 Å². The number of hydrogen-bond acceptors (Lipinski definition) is 3. The van der Waals surface area contributed by atoms with E-state index in [-0.39, 0.29) is 12.5 Å². The summed E-state index contributed by atoms with van der Waals surface area (Å²) in [5.74, 6) is -0.141. The van der Waals surface area contributed by atoms with Gasteiger partial charge in [0, 0.05) is 23.5 Å². The Bertz CT molecular complexity index is 621. The van der Waals surface area contributed by atoms with Gasteiger partial charge in [0.2, 0.25) is 0 Å². The molecule has 0 spiro atoms. The number of carbonyl (C=O) groups is 1. The van der Waals surface area contributed by atoms with Gasteiger partial charge in [0.05, 0.1) is 6.61 Å². The number of aliphatic hydroxyl groups is 1. The van der Waals surface area contributed by atoms with Crippen molar-refractivity contribution >= 4 is 17.3 Å². The molecule has 110 valence electrons. The molecule has 0 heterocycles. The van der Waals surface area contributed by atoms with Crippen LogP contribution in [0.1, 0.15) is 28.4 Å². The molecule has 0 atom stereocenters. The monoisotopic (exact) mass is 284 g/mol. The molecule has 4 nitrogen and oxygen atoms in total. The second-order valence-corrected chi connectivity index (χ2v) is 4.87. The van der Waals surface area contributed by atoms with E-state index in [0.717, 1.165) is 23.4 Å². The van der Waals surface area contributed by atoms with Crippen LogP contribution in [0.25, 0.3) is 0 Å². The van der Waals surface area contributed by atoms with E-state index >= 15 is 0 Å². The van der Waals surface area contributed by atoms with Crippen LogP contribution in [0.3, 0.4) is 0 Å². The first-order valence-electron chi connectivity index (χ1n) is 6.99. The number of carbonyl (C=O) groups excluding carboxylic acids is 1. The van der Waals surface area contributed by atoms with Crippen LogP contribution < -0.4 is 10.6 Å². The van der Waals surface area contributed by atoms with Gasteiger partial charge in [0.15, 0.2) is 0 Å². The third-order valence-corrected chi connectivity index (χ3v) is 3.25. The Labute approximate surface area is 124 Å². The maximum atomic E-state index is 12.2. The molecule has 0 aliphatic rings. The van der Waals surface area contributed by atoms with Gasteiger partial charge in [-0.15, -0.1) is 0 Å². The molecule has 2 rings (SSSR count). The van der Waals surface area contributed by atoms with Crippen molar-refractivity contribution in [2.45, 2.75) is 20.5 Å². The molecular formula is C17H20N2O2. The van der Waals surface area contributed by atoms with Gasteiger partial charge in [-0.3, -0.25) is 4.79 Å². The zero-order valence-electron chi connectivity index (χ0n) is 12.3. The molecule has 21 heavy (non-hydrogen) atoms. The molecule has 4 heteroatoms. The van der Waals surface area contributed by atoms with E-state index in [2.05, 4.69) is 10.6 Å². The highest BCUT2D eigenvalue weighted by atomic mass is 16.3. The Morgan fingerprint density at radius 2 is 1.86 bits per heavy atom. The fourth-order valence-corrected chi connectivity index (χ4v) is 2.09. The van der Waals surface area contributed by atoms with Crippen LogP contribution >= 0.6 is 0 Å². The standard InChI is InChI=1S/C17H20N2O2/c1-3-18-16-9-6-14(10-12(16)2)17(21)19-15-7-4-13(11-20)5-8-15/h4-10,18,20H,3,11H2,1-2H3,(H,19,21). The number of anilines is 2. The second kappa shape index (κ2) is 6.90. The lowest BCUT2D eigenvalue weighted by Gasteiger charge is -2.10. The van der Waals surface area contributed by atoms with E-state index in [0.29, 0.717) is 11.3 Å². The SMILES string of the molecule is CCNc1ccc(C(=O)Nc2ccc(CO)cc2)cc1C. The molecule has 0 aromatic heterocycles. The van der Waals surface area contributed by atoms with E-state index < -0.39 is 0 Å². The molecule has 0 bridgehead atoms. The van der Waals surface area contributed by atoms with Crippen molar-refractivity contribution in [2.75, 3.05) is 17.2 Å². The highest BCUT2D eigenvalue weighted by Gasteiger charge is 2.08. The third kappa shape index (κ3) is 3.83. The molecule has 0 saturated heterocycles. The highest BCUT2D eigenvalue weighted by Crippen LogP contribution is 2.18. The maximum absolute atomic E-state index is 12.2.